The second-order valence-corrected chi connectivity index (χ2v) is 13.9. The zero-order valence-electron chi connectivity index (χ0n) is 26.1. The highest BCUT2D eigenvalue weighted by Gasteiger charge is 2.40. The van der Waals surface area contributed by atoms with E-state index >= 15 is 0 Å². The number of imidazole rings is 1. The number of fused-ring (bicyclic) bond motifs is 1. The molecule has 2 aromatic carbocycles. The number of aromatic nitrogens is 2. The SMILES string of the molecule is CC(C)OC(=O)CNC(C)(C(=O)N1CCCC1)c1ccc2c(c1)nc(CNc1ccc(C(=N)NC(=O)OCC(Cl)(Cl)Cl)cc1)n2C. The van der Waals surface area contributed by atoms with E-state index in [4.69, 9.17) is 54.7 Å². The van der Waals surface area contributed by atoms with Crippen molar-refractivity contribution in [3.05, 3.63) is 59.4 Å². The van der Waals surface area contributed by atoms with E-state index in [2.05, 4.69) is 16.0 Å². The van der Waals surface area contributed by atoms with Gasteiger partial charge in [-0.1, -0.05) is 40.9 Å². The lowest BCUT2D eigenvalue weighted by Crippen LogP contribution is -2.54. The highest BCUT2D eigenvalue weighted by molar-refractivity contribution is 6.67. The summed E-state index contributed by atoms with van der Waals surface area (Å²) in [7, 11) is 1.92. The van der Waals surface area contributed by atoms with Crippen LogP contribution in [0.3, 0.4) is 0 Å². The van der Waals surface area contributed by atoms with Crippen molar-refractivity contribution < 1.29 is 23.9 Å². The number of hydrogen-bond donors (Lipinski definition) is 4. The van der Waals surface area contributed by atoms with Crippen LogP contribution in [0.25, 0.3) is 11.0 Å². The van der Waals surface area contributed by atoms with Crippen molar-refractivity contribution >= 4 is 75.3 Å². The minimum Gasteiger partial charge on any atom is -0.462 e. The van der Waals surface area contributed by atoms with Gasteiger partial charge in [0.25, 0.3) is 0 Å². The molecule has 0 aliphatic carbocycles. The smallest absolute Gasteiger partial charge is 0.412 e. The van der Waals surface area contributed by atoms with Crippen molar-refractivity contribution in [2.45, 2.75) is 55.6 Å². The number of nitrogens with one attached hydrogen (secondary N) is 4. The monoisotopic (exact) mass is 693 g/mol. The summed E-state index contributed by atoms with van der Waals surface area (Å²) in [5.41, 5.74) is 2.35. The number of esters is 1. The molecule has 1 fully saturated rings. The molecule has 0 radical (unpaired) electrons. The molecule has 2 heterocycles. The predicted octanol–water partition coefficient (Wildman–Crippen LogP) is 4.99. The standard InChI is InChI=1S/C31H38Cl3N7O5/c1-19(2)46-26(42)17-37-30(3,28(43)41-13-5-6-14-41)21-9-12-24-23(15-21)38-25(40(24)4)16-36-22-10-7-20(8-11-22)27(35)39-29(44)45-18-31(32,33)34/h7-12,15,19,36-37H,5-6,13-14,16-18H2,1-4H3,(H2,35,39,44). The predicted molar refractivity (Wildman–Crippen MR) is 178 cm³/mol. The molecular weight excluding hydrogens is 657 g/mol. The summed E-state index contributed by atoms with van der Waals surface area (Å²) < 4.78 is 10.3. The van der Waals surface area contributed by atoms with Crippen molar-refractivity contribution in [3.8, 4) is 0 Å². The van der Waals surface area contributed by atoms with Gasteiger partial charge in [-0.2, -0.15) is 0 Å². The van der Waals surface area contributed by atoms with Crippen LogP contribution in [-0.2, 0) is 38.2 Å². The largest absolute Gasteiger partial charge is 0.462 e. The minimum absolute atomic E-state index is 0.0917. The Labute approximate surface area is 282 Å². The van der Waals surface area contributed by atoms with Crippen LogP contribution in [-0.4, -0.2) is 74.4 Å². The number of hydrogen-bond acceptors (Lipinski definition) is 9. The maximum atomic E-state index is 13.8. The molecule has 46 heavy (non-hydrogen) atoms. The normalized spacial score (nSPS) is 14.7. The van der Waals surface area contributed by atoms with Gasteiger partial charge in [-0.15, -0.1) is 0 Å². The lowest BCUT2D eigenvalue weighted by atomic mass is 9.89. The Morgan fingerprint density at radius 1 is 1.07 bits per heavy atom. The second kappa shape index (κ2) is 14.9. The molecule has 1 aliphatic rings. The lowest BCUT2D eigenvalue weighted by molar-refractivity contribution is -0.147. The Hall–Kier alpha value is -3.58. The van der Waals surface area contributed by atoms with Crippen molar-refractivity contribution in [2.75, 3.05) is 31.6 Å². The number of alkyl halides is 3. The van der Waals surface area contributed by atoms with Crippen LogP contribution in [0.2, 0.25) is 0 Å². The van der Waals surface area contributed by atoms with Gasteiger partial charge in [-0.25, -0.2) is 9.78 Å². The van der Waals surface area contributed by atoms with Gasteiger partial charge >= 0.3 is 12.1 Å². The van der Waals surface area contributed by atoms with Gasteiger partial charge in [0.2, 0.25) is 9.70 Å². The van der Waals surface area contributed by atoms with Crippen LogP contribution in [0.15, 0.2) is 42.5 Å². The number of nitrogens with zero attached hydrogens (tertiary/aromatic N) is 3. The minimum atomic E-state index is -1.75. The average Bonchev–Trinajstić information content (AvgIpc) is 3.65. The van der Waals surface area contributed by atoms with E-state index in [1.54, 1.807) is 45.0 Å². The molecule has 1 atom stereocenters. The summed E-state index contributed by atoms with van der Waals surface area (Å²) in [6, 6.07) is 12.6. The van der Waals surface area contributed by atoms with Gasteiger partial charge in [-0.3, -0.25) is 25.6 Å². The average molecular weight is 695 g/mol. The van der Waals surface area contributed by atoms with Crippen molar-refractivity contribution in [1.82, 2.24) is 25.1 Å². The van der Waals surface area contributed by atoms with Gasteiger partial charge in [0, 0.05) is 31.4 Å². The maximum Gasteiger partial charge on any atom is 0.412 e. The molecule has 4 N–H and O–H groups in total. The van der Waals surface area contributed by atoms with Crippen LogP contribution in [0.1, 0.15) is 50.6 Å². The molecule has 1 saturated heterocycles. The van der Waals surface area contributed by atoms with Gasteiger partial charge in [0.1, 0.15) is 23.8 Å². The van der Waals surface area contributed by atoms with Gasteiger partial charge in [0.15, 0.2) is 0 Å². The summed E-state index contributed by atoms with van der Waals surface area (Å²) in [4.78, 5) is 44.7. The molecule has 0 saturated carbocycles. The number of carbonyl (C=O) groups excluding carboxylic acids is 3. The summed E-state index contributed by atoms with van der Waals surface area (Å²) in [5.74, 6) is 0.0613. The Kier molecular flexibility index (Phi) is 11.4. The second-order valence-electron chi connectivity index (χ2n) is 11.4. The number of amidine groups is 1. The fraction of sp³-hybridized carbons (Fsp3) is 0.452. The Morgan fingerprint density at radius 2 is 1.74 bits per heavy atom. The molecule has 4 rings (SSSR count). The van der Waals surface area contributed by atoms with E-state index in [9.17, 15) is 14.4 Å². The molecule has 2 amide bonds. The Balaban J connectivity index is 1.46. The third-order valence-corrected chi connectivity index (χ3v) is 7.87. The number of ether oxygens (including phenoxy) is 2. The van der Waals surface area contributed by atoms with E-state index in [0.29, 0.717) is 36.3 Å². The summed E-state index contributed by atoms with van der Waals surface area (Å²) in [6.07, 6.45) is 0.730. The van der Waals surface area contributed by atoms with E-state index in [0.717, 1.165) is 29.9 Å². The summed E-state index contributed by atoms with van der Waals surface area (Å²) in [5, 5.41) is 16.9. The number of halogens is 3. The molecule has 1 aromatic heterocycles. The number of aryl methyl sites for hydroxylation is 1. The number of rotatable bonds is 11. The molecule has 0 bridgehead atoms. The highest BCUT2D eigenvalue weighted by atomic mass is 35.6. The first-order valence-electron chi connectivity index (χ1n) is 14.8. The molecular formula is C31H38Cl3N7O5. The molecule has 1 aliphatic heterocycles. The van der Waals surface area contributed by atoms with Crippen LogP contribution >= 0.6 is 34.8 Å². The van der Waals surface area contributed by atoms with E-state index in [1.807, 2.05) is 34.7 Å². The summed E-state index contributed by atoms with van der Waals surface area (Å²) in [6.45, 7) is 6.55. The van der Waals surface area contributed by atoms with Crippen LogP contribution in [0, 0.1) is 5.41 Å². The van der Waals surface area contributed by atoms with Gasteiger partial charge < -0.3 is 24.3 Å². The van der Waals surface area contributed by atoms with Crippen LogP contribution in [0.5, 0.6) is 0 Å². The fourth-order valence-corrected chi connectivity index (χ4v) is 5.27. The van der Waals surface area contributed by atoms with Crippen molar-refractivity contribution in [1.29, 1.82) is 5.41 Å². The number of likely N-dealkylation sites (tertiary alicyclic amines) is 1. The number of anilines is 1. The molecule has 12 nitrogen and oxygen atoms in total. The topological polar surface area (TPSA) is 151 Å². The quantitative estimate of drug-likeness (QED) is 0.0950. The first kappa shape index (κ1) is 35.3. The third kappa shape index (κ3) is 9.03. The molecule has 1 unspecified atom stereocenters. The fourth-order valence-electron chi connectivity index (χ4n) is 5.10. The first-order chi connectivity index (χ1) is 21.7. The molecule has 248 valence electrons. The summed E-state index contributed by atoms with van der Waals surface area (Å²) >= 11 is 16.7. The van der Waals surface area contributed by atoms with E-state index in [-0.39, 0.29) is 24.4 Å². The molecule has 3 aromatic rings. The van der Waals surface area contributed by atoms with Crippen molar-refractivity contribution in [2.24, 2.45) is 7.05 Å². The number of amides is 2. The van der Waals surface area contributed by atoms with Crippen molar-refractivity contribution in [3.63, 3.8) is 0 Å². The van der Waals surface area contributed by atoms with Gasteiger partial charge in [0.05, 0.1) is 30.2 Å². The highest BCUT2D eigenvalue weighted by Crippen LogP contribution is 2.29. The molecule has 0 spiro atoms. The van der Waals surface area contributed by atoms with Crippen LogP contribution in [0.4, 0.5) is 10.5 Å². The van der Waals surface area contributed by atoms with Crippen LogP contribution < -0.4 is 16.0 Å². The number of alkyl carbamates (subject to hydrolysis) is 1. The van der Waals surface area contributed by atoms with E-state index < -0.39 is 28.0 Å². The first-order valence-corrected chi connectivity index (χ1v) is 15.9. The maximum absolute atomic E-state index is 13.8. The number of carbonyl (C=O) groups is 3. The zero-order valence-corrected chi connectivity index (χ0v) is 28.4. The number of benzene rings is 2. The van der Waals surface area contributed by atoms with E-state index in [1.165, 1.54) is 0 Å². The third-order valence-electron chi connectivity index (χ3n) is 7.54. The zero-order chi connectivity index (χ0) is 33.6. The Morgan fingerprint density at radius 3 is 2.37 bits per heavy atom. The van der Waals surface area contributed by atoms with Gasteiger partial charge in [-0.05, 0) is 75.6 Å². The lowest BCUT2D eigenvalue weighted by Gasteiger charge is -2.34. The molecule has 15 heteroatoms. The Bertz CT molecular complexity index is 1580.